The van der Waals surface area contributed by atoms with E-state index in [1.165, 1.54) is 12.8 Å². The second-order valence-electron chi connectivity index (χ2n) is 6.72. The van der Waals surface area contributed by atoms with Crippen LogP contribution in [0, 0.1) is 11.8 Å². The lowest BCUT2D eigenvalue weighted by Crippen LogP contribution is -2.38. The summed E-state index contributed by atoms with van der Waals surface area (Å²) in [6, 6.07) is 1.26. The molecule has 0 aliphatic carbocycles. The van der Waals surface area contributed by atoms with Gasteiger partial charge in [-0.25, -0.2) is 0 Å². The smallest absolute Gasteiger partial charge is 0.00792 e. The van der Waals surface area contributed by atoms with Gasteiger partial charge in [0.15, 0.2) is 0 Å². The van der Waals surface area contributed by atoms with E-state index in [9.17, 15) is 0 Å². The minimum Gasteiger partial charge on any atom is -0.314 e. The highest BCUT2D eigenvalue weighted by Gasteiger charge is 2.04. The fraction of sp³-hybridized carbons (Fsp3) is 1.00. The molecular formula is C16H37N3. The zero-order valence-electron chi connectivity index (χ0n) is 14.1. The van der Waals surface area contributed by atoms with Crippen LogP contribution >= 0.6 is 0 Å². The quantitative estimate of drug-likeness (QED) is 0.478. The molecule has 0 aromatic heterocycles. The SMILES string of the molecule is CC(C)CC(C)NCCNCCNC(C)CC(C)C. The van der Waals surface area contributed by atoms with Crippen molar-refractivity contribution in [1.82, 2.24) is 16.0 Å². The van der Waals surface area contributed by atoms with Gasteiger partial charge in [0.2, 0.25) is 0 Å². The summed E-state index contributed by atoms with van der Waals surface area (Å²) >= 11 is 0. The molecule has 3 heteroatoms. The molecule has 0 radical (unpaired) electrons. The summed E-state index contributed by atoms with van der Waals surface area (Å²) in [6.07, 6.45) is 2.52. The van der Waals surface area contributed by atoms with Gasteiger partial charge in [-0.3, -0.25) is 0 Å². The van der Waals surface area contributed by atoms with Crippen LogP contribution in [0.5, 0.6) is 0 Å². The monoisotopic (exact) mass is 271 g/mol. The normalized spacial score (nSPS) is 15.2. The molecule has 2 unspecified atom stereocenters. The van der Waals surface area contributed by atoms with Crippen molar-refractivity contribution >= 4 is 0 Å². The number of nitrogens with one attached hydrogen (secondary N) is 3. The van der Waals surface area contributed by atoms with Gasteiger partial charge in [0, 0.05) is 38.3 Å². The molecule has 0 saturated carbocycles. The van der Waals surface area contributed by atoms with Gasteiger partial charge in [0.1, 0.15) is 0 Å². The third-order valence-electron chi connectivity index (χ3n) is 3.24. The summed E-state index contributed by atoms with van der Waals surface area (Å²) < 4.78 is 0. The minimum absolute atomic E-state index is 0.631. The highest BCUT2D eigenvalue weighted by molar-refractivity contribution is 4.65. The van der Waals surface area contributed by atoms with Crippen LogP contribution < -0.4 is 16.0 Å². The van der Waals surface area contributed by atoms with Crippen molar-refractivity contribution in [3.8, 4) is 0 Å². The van der Waals surface area contributed by atoms with Crippen molar-refractivity contribution in [2.24, 2.45) is 11.8 Å². The third kappa shape index (κ3) is 14.1. The molecule has 3 N–H and O–H groups in total. The Labute approximate surface area is 121 Å². The van der Waals surface area contributed by atoms with Gasteiger partial charge in [-0.05, 0) is 38.5 Å². The minimum atomic E-state index is 0.631. The number of hydrogen-bond donors (Lipinski definition) is 3. The van der Waals surface area contributed by atoms with Crippen LogP contribution in [0.1, 0.15) is 54.4 Å². The van der Waals surface area contributed by atoms with Gasteiger partial charge in [-0.2, -0.15) is 0 Å². The van der Waals surface area contributed by atoms with E-state index in [0.29, 0.717) is 12.1 Å². The molecule has 0 saturated heterocycles. The van der Waals surface area contributed by atoms with Crippen LogP contribution in [0.25, 0.3) is 0 Å². The van der Waals surface area contributed by atoms with Crippen LogP contribution in [-0.2, 0) is 0 Å². The van der Waals surface area contributed by atoms with Crippen molar-refractivity contribution in [3.63, 3.8) is 0 Å². The maximum atomic E-state index is 3.56. The topological polar surface area (TPSA) is 36.1 Å². The van der Waals surface area contributed by atoms with Gasteiger partial charge in [0.05, 0.1) is 0 Å². The lowest BCUT2D eigenvalue weighted by atomic mass is 10.1. The largest absolute Gasteiger partial charge is 0.314 e. The van der Waals surface area contributed by atoms with E-state index in [-0.39, 0.29) is 0 Å². The van der Waals surface area contributed by atoms with Gasteiger partial charge < -0.3 is 16.0 Å². The number of rotatable bonds is 12. The van der Waals surface area contributed by atoms with Gasteiger partial charge in [-0.15, -0.1) is 0 Å². The highest BCUT2D eigenvalue weighted by Crippen LogP contribution is 2.03. The molecule has 0 rings (SSSR count). The molecule has 116 valence electrons. The maximum absolute atomic E-state index is 3.56. The summed E-state index contributed by atoms with van der Waals surface area (Å²) in [4.78, 5) is 0. The average molecular weight is 271 g/mol. The van der Waals surface area contributed by atoms with E-state index in [2.05, 4.69) is 57.5 Å². The predicted molar refractivity (Wildman–Crippen MR) is 86.7 cm³/mol. The molecule has 0 aliphatic rings. The number of hydrogen-bond acceptors (Lipinski definition) is 3. The summed E-state index contributed by atoms with van der Waals surface area (Å²) in [5.41, 5.74) is 0. The summed E-state index contributed by atoms with van der Waals surface area (Å²) in [6.45, 7) is 17.9. The van der Waals surface area contributed by atoms with E-state index < -0.39 is 0 Å². The van der Waals surface area contributed by atoms with E-state index in [4.69, 9.17) is 0 Å². The lowest BCUT2D eigenvalue weighted by Gasteiger charge is -2.17. The predicted octanol–water partition coefficient (Wildman–Crippen LogP) is 2.62. The Morgan fingerprint density at radius 2 is 0.947 bits per heavy atom. The van der Waals surface area contributed by atoms with Crippen LogP contribution in [-0.4, -0.2) is 38.3 Å². The Balaban J connectivity index is 3.27. The Kier molecular flexibility index (Phi) is 11.6. The molecule has 0 fully saturated rings. The van der Waals surface area contributed by atoms with Gasteiger partial charge >= 0.3 is 0 Å². The molecule has 3 nitrogen and oxygen atoms in total. The highest BCUT2D eigenvalue weighted by atomic mass is 15.0. The van der Waals surface area contributed by atoms with E-state index in [1.807, 2.05) is 0 Å². The van der Waals surface area contributed by atoms with E-state index >= 15 is 0 Å². The Hall–Kier alpha value is -0.120. The van der Waals surface area contributed by atoms with Gasteiger partial charge in [-0.1, -0.05) is 27.7 Å². The Bertz CT molecular complexity index is 172. The lowest BCUT2D eigenvalue weighted by molar-refractivity contribution is 0.427. The molecule has 0 bridgehead atoms. The van der Waals surface area contributed by atoms with E-state index in [0.717, 1.165) is 38.0 Å². The molecule has 2 atom stereocenters. The summed E-state index contributed by atoms with van der Waals surface area (Å²) in [5, 5.41) is 10.6. The zero-order chi connectivity index (χ0) is 14.7. The molecule has 0 aromatic rings. The van der Waals surface area contributed by atoms with E-state index in [1.54, 1.807) is 0 Å². The first kappa shape index (κ1) is 18.9. The van der Waals surface area contributed by atoms with Crippen LogP contribution in [0.4, 0.5) is 0 Å². The molecule has 0 heterocycles. The second-order valence-corrected chi connectivity index (χ2v) is 6.72. The maximum Gasteiger partial charge on any atom is 0.00792 e. The van der Waals surface area contributed by atoms with Crippen LogP contribution in [0.2, 0.25) is 0 Å². The molecular weight excluding hydrogens is 234 g/mol. The first-order chi connectivity index (χ1) is 8.91. The van der Waals surface area contributed by atoms with Crippen LogP contribution in [0.15, 0.2) is 0 Å². The zero-order valence-corrected chi connectivity index (χ0v) is 14.1. The third-order valence-corrected chi connectivity index (χ3v) is 3.24. The fourth-order valence-electron chi connectivity index (χ4n) is 2.52. The van der Waals surface area contributed by atoms with Crippen molar-refractivity contribution in [2.45, 2.75) is 66.5 Å². The average Bonchev–Trinajstić information content (AvgIpc) is 2.25. The first-order valence-corrected chi connectivity index (χ1v) is 8.09. The molecule has 0 spiro atoms. The van der Waals surface area contributed by atoms with Crippen molar-refractivity contribution in [3.05, 3.63) is 0 Å². The van der Waals surface area contributed by atoms with Gasteiger partial charge in [0.25, 0.3) is 0 Å². The molecule has 19 heavy (non-hydrogen) atoms. The molecule has 0 aliphatic heterocycles. The fourth-order valence-corrected chi connectivity index (χ4v) is 2.52. The summed E-state index contributed by atoms with van der Waals surface area (Å²) in [7, 11) is 0. The standard InChI is InChI=1S/C16H37N3/c1-13(2)11-15(5)18-9-7-17-8-10-19-16(6)12-14(3)4/h13-19H,7-12H2,1-6H3. The molecule has 0 amide bonds. The van der Waals surface area contributed by atoms with Crippen molar-refractivity contribution in [2.75, 3.05) is 26.2 Å². The Morgan fingerprint density at radius 3 is 1.26 bits per heavy atom. The van der Waals surface area contributed by atoms with Crippen LogP contribution in [0.3, 0.4) is 0 Å². The first-order valence-electron chi connectivity index (χ1n) is 8.09. The summed E-state index contributed by atoms with van der Waals surface area (Å²) in [5.74, 6) is 1.56. The second kappa shape index (κ2) is 11.7. The van der Waals surface area contributed by atoms with Crippen molar-refractivity contribution in [1.29, 1.82) is 0 Å². The molecule has 0 aromatic carbocycles. The Morgan fingerprint density at radius 1 is 0.579 bits per heavy atom. The van der Waals surface area contributed by atoms with Crippen molar-refractivity contribution < 1.29 is 0 Å².